The second kappa shape index (κ2) is 7.65. The number of carbonyl (C=O) groups is 1. The van der Waals surface area contributed by atoms with E-state index in [0.717, 1.165) is 0 Å². The van der Waals surface area contributed by atoms with Crippen LogP contribution in [0.2, 0.25) is 5.02 Å². The van der Waals surface area contributed by atoms with Gasteiger partial charge in [0.25, 0.3) is 0 Å². The second-order valence-corrected chi connectivity index (χ2v) is 6.03. The van der Waals surface area contributed by atoms with Crippen LogP contribution in [0, 0.1) is 0 Å². The molecule has 0 unspecified atom stereocenters. The molecule has 0 spiro atoms. The number of rotatable bonds is 6. The third kappa shape index (κ3) is 3.57. The van der Waals surface area contributed by atoms with Crippen molar-refractivity contribution in [1.29, 1.82) is 0 Å². The molecule has 0 radical (unpaired) electrons. The van der Waals surface area contributed by atoms with E-state index in [9.17, 15) is 15.0 Å². The van der Waals surface area contributed by atoms with E-state index in [1.165, 1.54) is 13.3 Å². The van der Waals surface area contributed by atoms with Gasteiger partial charge in [-0.25, -0.2) is 9.78 Å². The highest BCUT2D eigenvalue weighted by atomic mass is 35.5. The first-order chi connectivity index (χ1) is 13.0. The summed E-state index contributed by atoms with van der Waals surface area (Å²) < 4.78 is 6.73. The first kappa shape index (κ1) is 18.7. The maximum Gasteiger partial charge on any atom is 0.341 e. The van der Waals surface area contributed by atoms with Gasteiger partial charge in [0.15, 0.2) is 5.82 Å². The number of carboxylic acids is 1. The Morgan fingerprint density at radius 3 is 2.78 bits per heavy atom. The van der Waals surface area contributed by atoms with Crippen LogP contribution >= 0.6 is 11.6 Å². The van der Waals surface area contributed by atoms with Crippen molar-refractivity contribution < 1.29 is 19.7 Å². The molecular formula is C18H17ClN4O4. The minimum Gasteiger partial charge on any atom is -0.495 e. The maximum absolute atomic E-state index is 11.6. The molecule has 0 amide bonds. The fraction of sp³-hybridized carbons (Fsp3) is 0.167. The van der Waals surface area contributed by atoms with E-state index in [4.69, 9.17) is 16.3 Å². The number of nitrogens with zero attached hydrogens (tertiary/aromatic N) is 4. The Bertz CT molecular complexity index is 989. The molecule has 8 nitrogen and oxygen atoms in total. The van der Waals surface area contributed by atoms with E-state index < -0.39 is 5.97 Å². The SMILES string of the molecule is COc1ccc(N(C)c2nc(-n3cccc3CO)ncc2C(=O)O)cc1Cl. The lowest BCUT2D eigenvalue weighted by atomic mass is 10.2. The fourth-order valence-electron chi connectivity index (χ4n) is 2.61. The smallest absolute Gasteiger partial charge is 0.341 e. The van der Waals surface area contributed by atoms with Crippen LogP contribution in [-0.4, -0.2) is 44.9 Å². The number of hydrogen-bond acceptors (Lipinski definition) is 6. The van der Waals surface area contributed by atoms with Crippen LogP contribution in [0.5, 0.6) is 5.75 Å². The maximum atomic E-state index is 11.6. The van der Waals surface area contributed by atoms with Crippen molar-refractivity contribution in [3.05, 3.63) is 59.0 Å². The topological polar surface area (TPSA) is 101 Å². The Kier molecular flexibility index (Phi) is 5.29. The van der Waals surface area contributed by atoms with E-state index in [2.05, 4.69) is 9.97 Å². The monoisotopic (exact) mass is 388 g/mol. The van der Waals surface area contributed by atoms with Crippen LogP contribution in [0.1, 0.15) is 16.1 Å². The lowest BCUT2D eigenvalue weighted by Gasteiger charge is -2.21. The average Bonchev–Trinajstić information content (AvgIpc) is 3.15. The summed E-state index contributed by atoms with van der Waals surface area (Å²) >= 11 is 6.18. The number of aromatic carboxylic acids is 1. The van der Waals surface area contributed by atoms with Crippen LogP contribution in [0.25, 0.3) is 5.95 Å². The van der Waals surface area contributed by atoms with Crippen molar-refractivity contribution in [2.24, 2.45) is 0 Å². The zero-order valence-corrected chi connectivity index (χ0v) is 15.4. The van der Waals surface area contributed by atoms with Crippen LogP contribution in [0.3, 0.4) is 0 Å². The minimum absolute atomic E-state index is 0.0640. The standard InChI is InChI=1S/C18H17ClN4O4/c1-22(11-5-6-15(27-2)14(19)8-11)16-13(17(25)26)9-20-18(21-16)23-7-3-4-12(23)10-24/h3-9,24H,10H2,1-2H3,(H,25,26). The molecule has 0 saturated heterocycles. The van der Waals surface area contributed by atoms with E-state index >= 15 is 0 Å². The quantitative estimate of drug-likeness (QED) is 0.669. The molecule has 0 saturated carbocycles. The lowest BCUT2D eigenvalue weighted by molar-refractivity contribution is 0.0697. The van der Waals surface area contributed by atoms with E-state index in [1.807, 2.05) is 0 Å². The summed E-state index contributed by atoms with van der Waals surface area (Å²) in [5.74, 6) is -0.213. The summed E-state index contributed by atoms with van der Waals surface area (Å²) in [6.45, 7) is -0.198. The number of aliphatic hydroxyl groups is 1. The number of methoxy groups -OCH3 is 1. The molecule has 1 aromatic carbocycles. The van der Waals surface area contributed by atoms with Crippen LogP contribution in [0.4, 0.5) is 11.5 Å². The Balaban J connectivity index is 2.10. The molecule has 2 aromatic heterocycles. The highest BCUT2D eigenvalue weighted by Gasteiger charge is 2.20. The molecule has 0 bridgehead atoms. The molecule has 140 valence electrons. The molecule has 27 heavy (non-hydrogen) atoms. The molecule has 0 aliphatic heterocycles. The summed E-state index contributed by atoms with van der Waals surface area (Å²) in [6, 6.07) is 8.55. The molecule has 3 rings (SSSR count). The average molecular weight is 389 g/mol. The molecule has 3 aromatic rings. The van der Waals surface area contributed by atoms with Crippen molar-refractivity contribution in [3.8, 4) is 11.7 Å². The molecule has 2 heterocycles. The van der Waals surface area contributed by atoms with Gasteiger partial charge in [-0.1, -0.05) is 11.6 Å². The van der Waals surface area contributed by atoms with Gasteiger partial charge in [0, 0.05) is 25.1 Å². The van der Waals surface area contributed by atoms with Crippen molar-refractivity contribution in [2.75, 3.05) is 19.1 Å². The summed E-state index contributed by atoms with van der Waals surface area (Å²) in [6.07, 6.45) is 2.93. The summed E-state index contributed by atoms with van der Waals surface area (Å²) in [5, 5.41) is 19.4. The number of hydrogen-bond donors (Lipinski definition) is 2. The van der Waals surface area contributed by atoms with Crippen LogP contribution in [0.15, 0.2) is 42.7 Å². The molecule has 0 atom stereocenters. The molecule has 0 aliphatic carbocycles. The van der Waals surface area contributed by atoms with Gasteiger partial charge < -0.3 is 19.8 Å². The number of anilines is 2. The molecule has 2 N–H and O–H groups in total. The largest absolute Gasteiger partial charge is 0.495 e. The molecule has 0 aliphatic rings. The predicted molar refractivity (Wildman–Crippen MR) is 100 cm³/mol. The number of benzene rings is 1. The zero-order chi connectivity index (χ0) is 19.6. The van der Waals surface area contributed by atoms with E-state index in [-0.39, 0.29) is 23.9 Å². The normalized spacial score (nSPS) is 10.7. The fourth-order valence-corrected chi connectivity index (χ4v) is 2.86. The van der Waals surface area contributed by atoms with Crippen molar-refractivity contribution in [1.82, 2.24) is 14.5 Å². The highest BCUT2D eigenvalue weighted by molar-refractivity contribution is 6.32. The Labute approximate surface area is 160 Å². The van der Waals surface area contributed by atoms with Crippen molar-refractivity contribution >= 4 is 29.1 Å². The third-order valence-corrected chi connectivity index (χ3v) is 4.33. The van der Waals surface area contributed by atoms with Gasteiger partial charge >= 0.3 is 5.97 Å². The number of aliphatic hydroxyl groups excluding tert-OH is 1. The number of halogens is 1. The number of ether oxygens (including phenoxy) is 1. The van der Waals surface area contributed by atoms with Crippen LogP contribution < -0.4 is 9.64 Å². The third-order valence-electron chi connectivity index (χ3n) is 4.04. The van der Waals surface area contributed by atoms with Crippen molar-refractivity contribution in [3.63, 3.8) is 0 Å². The lowest BCUT2D eigenvalue weighted by Crippen LogP contribution is -2.18. The van der Waals surface area contributed by atoms with Gasteiger partial charge in [-0.05, 0) is 30.3 Å². The van der Waals surface area contributed by atoms with Gasteiger partial charge in [-0.3, -0.25) is 4.57 Å². The second-order valence-electron chi connectivity index (χ2n) is 5.62. The minimum atomic E-state index is -1.15. The summed E-state index contributed by atoms with van der Waals surface area (Å²) in [7, 11) is 3.19. The Morgan fingerprint density at radius 2 is 2.15 bits per heavy atom. The summed E-state index contributed by atoms with van der Waals surface area (Å²) in [5.41, 5.74) is 1.15. The highest BCUT2D eigenvalue weighted by Crippen LogP contribution is 2.32. The Hall–Kier alpha value is -3.10. The Morgan fingerprint density at radius 1 is 1.37 bits per heavy atom. The zero-order valence-electron chi connectivity index (χ0n) is 14.6. The van der Waals surface area contributed by atoms with Gasteiger partial charge in [0.05, 0.1) is 24.4 Å². The first-order valence-electron chi connectivity index (χ1n) is 7.91. The molecular weight excluding hydrogens is 372 g/mol. The van der Waals surface area contributed by atoms with E-state index in [1.54, 1.807) is 53.0 Å². The summed E-state index contributed by atoms with van der Waals surface area (Å²) in [4.78, 5) is 21.8. The molecule has 0 fully saturated rings. The predicted octanol–water partition coefficient (Wildman–Crippen LogP) is 2.89. The van der Waals surface area contributed by atoms with Gasteiger partial charge in [-0.2, -0.15) is 4.98 Å². The van der Waals surface area contributed by atoms with Gasteiger partial charge in [0.2, 0.25) is 5.95 Å². The van der Waals surface area contributed by atoms with E-state index in [0.29, 0.717) is 22.2 Å². The van der Waals surface area contributed by atoms with Crippen LogP contribution in [-0.2, 0) is 6.61 Å². The first-order valence-corrected chi connectivity index (χ1v) is 8.29. The number of carboxylic acid groups (broad SMARTS) is 1. The number of aromatic nitrogens is 3. The van der Waals surface area contributed by atoms with Crippen molar-refractivity contribution in [2.45, 2.75) is 6.61 Å². The van der Waals surface area contributed by atoms with Gasteiger partial charge in [0.1, 0.15) is 11.3 Å². The van der Waals surface area contributed by atoms with Gasteiger partial charge in [-0.15, -0.1) is 0 Å². The molecule has 9 heteroatoms.